The summed E-state index contributed by atoms with van der Waals surface area (Å²) >= 11 is 1.92. The first-order valence-electron chi connectivity index (χ1n) is 7.52. The standard InChI is InChI=1S/C16H22O3S/c17-14(11-20-13-4-2-1-3-5-13)12-6-7-15-16(10-12)19-9-8-18-15/h6-7,10,13-14,17H,1-5,8-9,11H2. The van der Waals surface area contributed by atoms with Crippen LogP contribution < -0.4 is 9.47 Å². The fourth-order valence-electron chi connectivity index (χ4n) is 2.82. The molecule has 0 bridgehead atoms. The van der Waals surface area contributed by atoms with Crippen molar-refractivity contribution in [3.63, 3.8) is 0 Å². The Balaban J connectivity index is 1.57. The average molecular weight is 294 g/mol. The third kappa shape index (κ3) is 3.41. The van der Waals surface area contributed by atoms with Gasteiger partial charge in [-0.3, -0.25) is 0 Å². The van der Waals surface area contributed by atoms with E-state index in [2.05, 4.69) is 0 Å². The van der Waals surface area contributed by atoms with Crippen LogP contribution in [0, 0.1) is 0 Å². The number of aliphatic hydroxyl groups is 1. The molecular formula is C16H22O3S. The summed E-state index contributed by atoms with van der Waals surface area (Å²) < 4.78 is 11.1. The minimum atomic E-state index is -0.419. The SMILES string of the molecule is OC(CSC1CCCCC1)c1ccc2c(c1)OCCO2. The van der Waals surface area contributed by atoms with Crippen LogP contribution in [0.15, 0.2) is 18.2 Å². The summed E-state index contributed by atoms with van der Waals surface area (Å²) in [6, 6.07) is 5.76. The second-order valence-electron chi connectivity index (χ2n) is 5.51. The van der Waals surface area contributed by atoms with Gasteiger partial charge in [-0.15, -0.1) is 0 Å². The Morgan fingerprint density at radius 3 is 2.65 bits per heavy atom. The van der Waals surface area contributed by atoms with Crippen LogP contribution in [-0.2, 0) is 0 Å². The molecule has 1 atom stereocenters. The number of hydrogen-bond donors (Lipinski definition) is 1. The number of benzene rings is 1. The van der Waals surface area contributed by atoms with Gasteiger partial charge in [0.25, 0.3) is 0 Å². The molecule has 3 rings (SSSR count). The van der Waals surface area contributed by atoms with Gasteiger partial charge in [-0.1, -0.05) is 25.3 Å². The zero-order valence-corrected chi connectivity index (χ0v) is 12.5. The van der Waals surface area contributed by atoms with Crippen LogP contribution in [0.1, 0.15) is 43.8 Å². The molecule has 1 aliphatic heterocycles. The zero-order valence-electron chi connectivity index (χ0n) is 11.7. The highest BCUT2D eigenvalue weighted by molar-refractivity contribution is 7.99. The van der Waals surface area contributed by atoms with Crippen LogP contribution in [0.5, 0.6) is 11.5 Å². The Labute approximate surface area is 124 Å². The van der Waals surface area contributed by atoms with E-state index in [0.717, 1.165) is 28.1 Å². The van der Waals surface area contributed by atoms with E-state index in [1.54, 1.807) is 0 Å². The van der Waals surface area contributed by atoms with Gasteiger partial charge < -0.3 is 14.6 Å². The molecule has 0 saturated heterocycles. The first-order chi connectivity index (χ1) is 9.83. The number of hydrogen-bond acceptors (Lipinski definition) is 4. The lowest BCUT2D eigenvalue weighted by molar-refractivity contribution is 0.169. The van der Waals surface area contributed by atoms with Gasteiger partial charge in [0.2, 0.25) is 0 Å². The minimum Gasteiger partial charge on any atom is -0.486 e. The van der Waals surface area contributed by atoms with Gasteiger partial charge in [0.05, 0.1) is 6.10 Å². The van der Waals surface area contributed by atoms with Crippen molar-refractivity contribution >= 4 is 11.8 Å². The van der Waals surface area contributed by atoms with E-state index in [4.69, 9.17) is 9.47 Å². The molecule has 0 aromatic heterocycles. The van der Waals surface area contributed by atoms with Crippen LogP contribution in [0.25, 0.3) is 0 Å². The lowest BCUT2D eigenvalue weighted by atomic mass is 10.0. The second-order valence-corrected chi connectivity index (χ2v) is 6.85. The van der Waals surface area contributed by atoms with Crippen molar-refractivity contribution in [3.05, 3.63) is 23.8 Å². The van der Waals surface area contributed by atoms with E-state index < -0.39 is 6.10 Å². The Morgan fingerprint density at radius 2 is 1.85 bits per heavy atom. The Hall–Kier alpha value is -0.870. The number of fused-ring (bicyclic) bond motifs is 1. The molecule has 1 aliphatic carbocycles. The summed E-state index contributed by atoms with van der Waals surface area (Å²) in [6.07, 6.45) is 6.26. The molecule has 1 heterocycles. The molecule has 4 heteroatoms. The fourth-order valence-corrected chi connectivity index (χ4v) is 4.14. The average Bonchev–Trinajstić information content (AvgIpc) is 2.53. The molecule has 1 N–H and O–H groups in total. The first kappa shape index (κ1) is 14.1. The lowest BCUT2D eigenvalue weighted by Gasteiger charge is -2.23. The van der Waals surface area contributed by atoms with Crippen molar-refractivity contribution in [3.8, 4) is 11.5 Å². The van der Waals surface area contributed by atoms with Crippen molar-refractivity contribution in [2.24, 2.45) is 0 Å². The summed E-state index contributed by atoms with van der Waals surface area (Å²) in [4.78, 5) is 0. The second kappa shape index (κ2) is 6.72. The van der Waals surface area contributed by atoms with E-state index in [1.165, 1.54) is 32.1 Å². The molecule has 2 aliphatic rings. The Kier molecular flexibility index (Phi) is 4.73. The summed E-state index contributed by atoms with van der Waals surface area (Å²) in [6.45, 7) is 1.19. The van der Waals surface area contributed by atoms with Gasteiger partial charge >= 0.3 is 0 Å². The van der Waals surface area contributed by atoms with Gasteiger partial charge in [0.15, 0.2) is 11.5 Å². The van der Waals surface area contributed by atoms with Gasteiger partial charge in [0, 0.05) is 11.0 Å². The summed E-state index contributed by atoms with van der Waals surface area (Å²) in [5.41, 5.74) is 0.928. The fraction of sp³-hybridized carbons (Fsp3) is 0.625. The van der Waals surface area contributed by atoms with Crippen LogP contribution in [0.4, 0.5) is 0 Å². The van der Waals surface area contributed by atoms with Crippen LogP contribution in [0.3, 0.4) is 0 Å². The molecule has 3 nitrogen and oxygen atoms in total. The van der Waals surface area contributed by atoms with Crippen LogP contribution in [-0.4, -0.2) is 29.3 Å². The predicted molar refractivity (Wildman–Crippen MR) is 81.7 cm³/mol. The smallest absolute Gasteiger partial charge is 0.161 e. The maximum absolute atomic E-state index is 10.3. The molecular weight excluding hydrogens is 272 g/mol. The quantitative estimate of drug-likeness (QED) is 0.921. The number of rotatable bonds is 4. The molecule has 20 heavy (non-hydrogen) atoms. The highest BCUT2D eigenvalue weighted by atomic mass is 32.2. The molecule has 1 aromatic rings. The first-order valence-corrected chi connectivity index (χ1v) is 8.57. The lowest BCUT2D eigenvalue weighted by Crippen LogP contribution is -2.16. The highest BCUT2D eigenvalue weighted by Gasteiger charge is 2.18. The zero-order chi connectivity index (χ0) is 13.8. The summed E-state index contributed by atoms with van der Waals surface area (Å²) in [7, 11) is 0. The maximum Gasteiger partial charge on any atom is 0.161 e. The predicted octanol–water partition coefficient (Wildman–Crippen LogP) is 3.56. The Morgan fingerprint density at radius 1 is 1.10 bits per heavy atom. The van der Waals surface area contributed by atoms with Gasteiger partial charge in [-0.05, 0) is 30.5 Å². The van der Waals surface area contributed by atoms with E-state index in [0.29, 0.717) is 13.2 Å². The molecule has 110 valence electrons. The van der Waals surface area contributed by atoms with Gasteiger partial charge in [-0.2, -0.15) is 11.8 Å². The van der Waals surface area contributed by atoms with Gasteiger partial charge in [-0.25, -0.2) is 0 Å². The van der Waals surface area contributed by atoms with Crippen LogP contribution in [0.2, 0.25) is 0 Å². The normalized spacial score (nSPS) is 20.6. The number of ether oxygens (including phenoxy) is 2. The third-order valence-corrected chi connectivity index (χ3v) is 5.44. The molecule has 0 radical (unpaired) electrons. The molecule has 1 saturated carbocycles. The molecule has 1 unspecified atom stereocenters. The van der Waals surface area contributed by atoms with Crippen molar-refractivity contribution in [1.82, 2.24) is 0 Å². The molecule has 1 fully saturated rings. The van der Waals surface area contributed by atoms with Crippen LogP contribution >= 0.6 is 11.8 Å². The minimum absolute atomic E-state index is 0.419. The van der Waals surface area contributed by atoms with E-state index in [9.17, 15) is 5.11 Å². The monoisotopic (exact) mass is 294 g/mol. The number of thioether (sulfide) groups is 1. The van der Waals surface area contributed by atoms with Gasteiger partial charge in [0.1, 0.15) is 13.2 Å². The summed E-state index contributed by atoms with van der Waals surface area (Å²) in [5.74, 6) is 2.31. The molecule has 1 aromatic carbocycles. The van der Waals surface area contributed by atoms with Crippen molar-refractivity contribution < 1.29 is 14.6 Å². The topological polar surface area (TPSA) is 38.7 Å². The van der Waals surface area contributed by atoms with Crippen molar-refractivity contribution in [2.75, 3.05) is 19.0 Å². The highest BCUT2D eigenvalue weighted by Crippen LogP contribution is 2.35. The Bertz CT molecular complexity index is 443. The maximum atomic E-state index is 10.3. The number of aliphatic hydroxyl groups excluding tert-OH is 1. The molecule has 0 amide bonds. The van der Waals surface area contributed by atoms with Crippen molar-refractivity contribution in [2.45, 2.75) is 43.5 Å². The van der Waals surface area contributed by atoms with E-state index >= 15 is 0 Å². The molecule has 0 spiro atoms. The summed E-state index contributed by atoms with van der Waals surface area (Å²) in [5, 5.41) is 11.1. The largest absolute Gasteiger partial charge is 0.486 e. The van der Waals surface area contributed by atoms with E-state index in [-0.39, 0.29) is 0 Å². The van der Waals surface area contributed by atoms with Crippen molar-refractivity contribution in [1.29, 1.82) is 0 Å². The van der Waals surface area contributed by atoms with E-state index in [1.807, 2.05) is 30.0 Å². The third-order valence-electron chi connectivity index (χ3n) is 3.99.